The number of aliphatic hydroxyl groups excluding tert-OH is 1. The second-order valence-electron chi connectivity index (χ2n) is 5.16. The molecule has 0 amide bonds. The SMILES string of the molecule is CCCC(=O)[C@@](O)(CC(=O)O)C(O)[N+](C)(C)C. The summed E-state index contributed by atoms with van der Waals surface area (Å²) in [6.45, 7) is 1.75. The van der Waals surface area contributed by atoms with E-state index in [1.807, 2.05) is 0 Å². The molecule has 0 aliphatic heterocycles. The Balaban J connectivity index is 5.23. The van der Waals surface area contributed by atoms with Gasteiger partial charge in [0.25, 0.3) is 0 Å². The van der Waals surface area contributed by atoms with E-state index in [4.69, 9.17) is 5.11 Å². The van der Waals surface area contributed by atoms with Gasteiger partial charge in [-0.1, -0.05) is 6.92 Å². The number of carbonyl (C=O) groups excluding carboxylic acids is 1. The van der Waals surface area contributed by atoms with E-state index in [2.05, 4.69) is 0 Å². The molecule has 0 saturated carbocycles. The Bertz CT molecular complexity index is 297. The summed E-state index contributed by atoms with van der Waals surface area (Å²) in [7, 11) is 4.74. The zero-order valence-electron chi connectivity index (χ0n) is 10.8. The van der Waals surface area contributed by atoms with Crippen LogP contribution in [0.5, 0.6) is 0 Å². The predicted molar refractivity (Wildman–Crippen MR) is 61.2 cm³/mol. The minimum Gasteiger partial charge on any atom is -0.481 e. The fourth-order valence-electron chi connectivity index (χ4n) is 1.65. The van der Waals surface area contributed by atoms with Crippen LogP contribution < -0.4 is 0 Å². The third-order valence-corrected chi connectivity index (χ3v) is 2.54. The van der Waals surface area contributed by atoms with Gasteiger partial charge < -0.3 is 19.8 Å². The monoisotopic (exact) mass is 248 g/mol. The number of Topliss-reactive ketones (excluding diaryl/α,β-unsaturated/α-hetero) is 1. The number of aliphatic hydroxyl groups is 2. The van der Waals surface area contributed by atoms with E-state index in [0.29, 0.717) is 6.42 Å². The summed E-state index contributed by atoms with van der Waals surface area (Å²) in [5, 5.41) is 28.9. The largest absolute Gasteiger partial charge is 0.481 e. The van der Waals surface area contributed by atoms with Crippen molar-refractivity contribution >= 4 is 11.8 Å². The topological polar surface area (TPSA) is 94.8 Å². The molecule has 0 rings (SSSR count). The van der Waals surface area contributed by atoms with Gasteiger partial charge in [-0.25, -0.2) is 0 Å². The van der Waals surface area contributed by atoms with E-state index < -0.39 is 30.0 Å². The van der Waals surface area contributed by atoms with Crippen molar-refractivity contribution in [3.05, 3.63) is 0 Å². The molecule has 6 nitrogen and oxygen atoms in total. The highest BCUT2D eigenvalue weighted by Crippen LogP contribution is 2.24. The maximum atomic E-state index is 11.8. The van der Waals surface area contributed by atoms with Gasteiger partial charge in [0.15, 0.2) is 5.78 Å². The number of quaternary nitrogens is 1. The number of carbonyl (C=O) groups is 2. The van der Waals surface area contributed by atoms with Crippen LogP contribution >= 0.6 is 0 Å². The first-order valence-electron chi connectivity index (χ1n) is 5.52. The van der Waals surface area contributed by atoms with E-state index in [1.165, 1.54) is 0 Å². The van der Waals surface area contributed by atoms with Gasteiger partial charge in [-0.2, -0.15) is 0 Å². The fourth-order valence-corrected chi connectivity index (χ4v) is 1.65. The van der Waals surface area contributed by atoms with Crippen LogP contribution in [0.4, 0.5) is 0 Å². The summed E-state index contributed by atoms with van der Waals surface area (Å²) in [6, 6.07) is 0. The smallest absolute Gasteiger partial charge is 0.307 e. The number of hydrogen-bond acceptors (Lipinski definition) is 4. The Labute approximate surface area is 101 Å². The molecule has 0 aliphatic carbocycles. The minimum atomic E-state index is -2.24. The maximum absolute atomic E-state index is 11.8. The van der Waals surface area contributed by atoms with Gasteiger partial charge in [0.05, 0.1) is 27.6 Å². The molecule has 0 aromatic rings. The second-order valence-corrected chi connectivity index (χ2v) is 5.16. The summed E-state index contributed by atoms with van der Waals surface area (Å²) in [4.78, 5) is 22.5. The average Bonchev–Trinajstić information content (AvgIpc) is 2.14. The van der Waals surface area contributed by atoms with Crippen LogP contribution in [0, 0.1) is 0 Å². The van der Waals surface area contributed by atoms with E-state index in [-0.39, 0.29) is 10.9 Å². The number of aliphatic carboxylic acids is 1. The first kappa shape index (κ1) is 16.0. The molecule has 0 spiro atoms. The molecule has 0 aromatic heterocycles. The molecule has 1 unspecified atom stereocenters. The zero-order valence-corrected chi connectivity index (χ0v) is 10.8. The van der Waals surface area contributed by atoms with Crippen molar-refractivity contribution in [2.45, 2.75) is 38.0 Å². The third-order valence-electron chi connectivity index (χ3n) is 2.54. The van der Waals surface area contributed by atoms with Crippen LogP contribution in [-0.4, -0.2) is 64.5 Å². The van der Waals surface area contributed by atoms with Crippen molar-refractivity contribution in [2.24, 2.45) is 0 Å². The lowest BCUT2D eigenvalue weighted by Gasteiger charge is -2.39. The molecule has 0 heterocycles. The van der Waals surface area contributed by atoms with Gasteiger partial charge in [-0.15, -0.1) is 0 Å². The molecule has 0 aliphatic rings. The number of likely N-dealkylation sites (N-methyl/N-ethyl adjacent to an activating group) is 1. The normalized spacial score (nSPS) is 17.3. The van der Waals surface area contributed by atoms with Gasteiger partial charge in [-0.05, 0) is 6.42 Å². The minimum absolute atomic E-state index is 0.0425. The Hall–Kier alpha value is -0.980. The predicted octanol–water partition coefficient (Wildman–Crippen LogP) is -0.414. The average molecular weight is 248 g/mol. The van der Waals surface area contributed by atoms with Crippen molar-refractivity contribution in [1.82, 2.24) is 0 Å². The van der Waals surface area contributed by atoms with Crippen molar-refractivity contribution in [2.75, 3.05) is 21.1 Å². The van der Waals surface area contributed by atoms with Crippen molar-refractivity contribution in [3.8, 4) is 0 Å². The van der Waals surface area contributed by atoms with Crippen LogP contribution in [0.2, 0.25) is 0 Å². The van der Waals surface area contributed by atoms with Gasteiger partial charge in [0.1, 0.15) is 0 Å². The molecule has 17 heavy (non-hydrogen) atoms. The summed E-state index contributed by atoms with van der Waals surface area (Å²) >= 11 is 0. The van der Waals surface area contributed by atoms with E-state index in [1.54, 1.807) is 28.1 Å². The van der Waals surface area contributed by atoms with Crippen molar-refractivity contribution < 1.29 is 29.4 Å². The Morgan fingerprint density at radius 2 is 1.76 bits per heavy atom. The van der Waals surface area contributed by atoms with Crippen molar-refractivity contribution in [3.63, 3.8) is 0 Å². The number of ketones is 1. The van der Waals surface area contributed by atoms with Crippen LogP contribution in [0.1, 0.15) is 26.2 Å². The lowest BCUT2D eigenvalue weighted by atomic mass is 9.88. The van der Waals surface area contributed by atoms with Crippen LogP contribution in [-0.2, 0) is 9.59 Å². The molecule has 0 bridgehead atoms. The van der Waals surface area contributed by atoms with Gasteiger partial charge >= 0.3 is 5.97 Å². The zero-order chi connectivity index (χ0) is 13.9. The fraction of sp³-hybridized carbons (Fsp3) is 0.818. The molecule has 0 aromatic carbocycles. The van der Waals surface area contributed by atoms with E-state index in [0.717, 1.165) is 0 Å². The summed E-state index contributed by atoms with van der Waals surface area (Å²) < 4.78 is -0.112. The number of hydrogen-bond donors (Lipinski definition) is 3. The van der Waals surface area contributed by atoms with Crippen molar-refractivity contribution in [1.29, 1.82) is 0 Å². The number of carboxylic acid groups (broad SMARTS) is 1. The molecule has 100 valence electrons. The highest BCUT2D eigenvalue weighted by molar-refractivity contribution is 5.91. The highest BCUT2D eigenvalue weighted by atomic mass is 16.4. The number of nitrogens with zero attached hydrogens (tertiary/aromatic N) is 1. The van der Waals surface area contributed by atoms with Gasteiger partial charge in [-0.3, -0.25) is 9.59 Å². The highest BCUT2D eigenvalue weighted by Gasteiger charge is 2.51. The second kappa shape index (κ2) is 5.57. The van der Waals surface area contributed by atoms with Gasteiger partial charge in [0, 0.05) is 6.42 Å². The molecule has 6 heteroatoms. The first-order chi connectivity index (χ1) is 7.55. The lowest BCUT2D eigenvalue weighted by Crippen LogP contribution is -2.63. The standard InChI is InChI=1S/C11H21NO5/c1-5-6-8(13)11(17,7-9(14)15)10(16)12(2,3)4/h10,16-17H,5-7H2,1-4H3/p+1/t10?,11-/m0/s1. The molecule has 0 saturated heterocycles. The van der Waals surface area contributed by atoms with Crippen LogP contribution in [0.15, 0.2) is 0 Å². The Kier molecular flexibility index (Phi) is 5.25. The molecule has 3 N–H and O–H groups in total. The van der Waals surface area contributed by atoms with Crippen LogP contribution in [0.25, 0.3) is 0 Å². The third kappa shape index (κ3) is 4.07. The van der Waals surface area contributed by atoms with E-state index in [9.17, 15) is 19.8 Å². The summed E-state index contributed by atoms with van der Waals surface area (Å²) in [5.74, 6) is -1.95. The van der Waals surface area contributed by atoms with E-state index >= 15 is 0 Å². The van der Waals surface area contributed by atoms with Gasteiger partial charge in [0.2, 0.25) is 11.8 Å². The Morgan fingerprint density at radius 1 is 1.29 bits per heavy atom. The van der Waals surface area contributed by atoms with Crippen LogP contribution in [0.3, 0.4) is 0 Å². The molecule has 2 atom stereocenters. The lowest BCUT2D eigenvalue weighted by molar-refractivity contribution is -0.925. The number of rotatable bonds is 7. The molecular formula is C11H22NO5+. The molecular weight excluding hydrogens is 226 g/mol. The Morgan fingerprint density at radius 3 is 2.06 bits per heavy atom. The first-order valence-corrected chi connectivity index (χ1v) is 5.52. The summed E-state index contributed by atoms with van der Waals surface area (Å²) in [6.07, 6.45) is -1.73. The quantitative estimate of drug-likeness (QED) is 0.420. The molecule has 0 radical (unpaired) electrons. The number of carboxylic acids is 1. The maximum Gasteiger partial charge on any atom is 0.307 e. The molecule has 0 fully saturated rings. The summed E-state index contributed by atoms with van der Waals surface area (Å²) in [5.41, 5.74) is -2.24.